The van der Waals surface area contributed by atoms with Crippen LogP contribution in [0.3, 0.4) is 0 Å². The quantitative estimate of drug-likeness (QED) is 0.773. The van der Waals surface area contributed by atoms with Crippen LogP contribution < -0.4 is 11.5 Å². The van der Waals surface area contributed by atoms with E-state index in [1.54, 1.807) is 30.4 Å². The first-order valence-corrected chi connectivity index (χ1v) is 7.09. The molecule has 5 nitrogen and oxygen atoms in total. The van der Waals surface area contributed by atoms with Crippen LogP contribution in [0.1, 0.15) is 25.7 Å². The standard InChI is InChI=1S/C12H18N4OS/c13-11(17)12(14)4-1-2-9(12)3-7-18-10-8-15-5-6-16-10/h5-6,8-9H,1-4,7,14H2,(H2,13,17). The van der Waals surface area contributed by atoms with E-state index in [9.17, 15) is 4.79 Å². The van der Waals surface area contributed by atoms with Gasteiger partial charge in [-0.3, -0.25) is 9.78 Å². The lowest BCUT2D eigenvalue weighted by Crippen LogP contribution is -2.54. The highest BCUT2D eigenvalue weighted by Crippen LogP contribution is 2.37. The second-order valence-corrected chi connectivity index (χ2v) is 5.79. The molecule has 2 unspecified atom stereocenters. The van der Waals surface area contributed by atoms with Crippen molar-refractivity contribution in [3.63, 3.8) is 0 Å². The summed E-state index contributed by atoms with van der Waals surface area (Å²) in [7, 11) is 0. The minimum atomic E-state index is -0.803. The number of carbonyl (C=O) groups excluding carboxylic acids is 1. The fraction of sp³-hybridized carbons (Fsp3) is 0.583. The maximum absolute atomic E-state index is 11.4. The predicted octanol–water partition coefficient (Wildman–Crippen LogP) is 0.942. The Labute approximate surface area is 111 Å². The van der Waals surface area contributed by atoms with Crippen LogP contribution in [0.2, 0.25) is 0 Å². The van der Waals surface area contributed by atoms with Crippen molar-refractivity contribution in [3.05, 3.63) is 18.6 Å². The molecule has 0 bridgehead atoms. The summed E-state index contributed by atoms with van der Waals surface area (Å²) in [6, 6.07) is 0. The first-order valence-electron chi connectivity index (χ1n) is 6.10. The number of nitrogens with zero attached hydrogens (tertiary/aromatic N) is 2. The molecule has 0 saturated heterocycles. The third kappa shape index (κ3) is 2.81. The highest BCUT2D eigenvalue weighted by Gasteiger charge is 2.43. The molecular formula is C12H18N4OS. The first-order chi connectivity index (χ1) is 8.63. The molecule has 18 heavy (non-hydrogen) atoms. The largest absolute Gasteiger partial charge is 0.368 e. The van der Waals surface area contributed by atoms with Gasteiger partial charge in [-0.1, -0.05) is 6.42 Å². The second kappa shape index (κ2) is 5.67. The third-order valence-corrected chi connectivity index (χ3v) is 4.53. The van der Waals surface area contributed by atoms with Gasteiger partial charge < -0.3 is 11.5 Å². The number of primary amides is 1. The Bertz CT molecular complexity index is 414. The highest BCUT2D eigenvalue weighted by molar-refractivity contribution is 7.99. The van der Waals surface area contributed by atoms with Crippen molar-refractivity contribution >= 4 is 17.7 Å². The molecule has 1 aromatic heterocycles. The smallest absolute Gasteiger partial charge is 0.237 e. The summed E-state index contributed by atoms with van der Waals surface area (Å²) in [5, 5.41) is 0.900. The van der Waals surface area contributed by atoms with Gasteiger partial charge in [0, 0.05) is 12.4 Å². The van der Waals surface area contributed by atoms with E-state index in [0.29, 0.717) is 6.42 Å². The van der Waals surface area contributed by atoms with Crippen molar-refractivity contribution in [1.82, 2.24) is 9.97 Å². The monoisotopic (exact) mass is 266 g/mol. The predicted molar refractivity (Wildman–Crippen MR) is 70.8 cm³/mol. The van der Waals surface area contributed by atoms with Crippen molar-refractivity contribution in [2.45, 2.75) is 36.2 Å². The van der Waals surface area contributed by atoms with Crippen LogP contribution in [0.4, 0.5) is 0 Å². The number of carbonyl (C=O) groups is 1. The molecule has 1 heterocycles. The van der Waals surface area contributed by atoms with Gasteiger partial charge in [-0.15, -0.1) is 11.8 Å². The first kappa shape index (κ1) is 13.3. The molecule has 0 radical (unpaired) electrons. The van der Waals surface area contributed by atoms with Crippen LogP contribution in [0.5, 0.6) is 0 Å². The van der Waals surface area contributed by atoms with E-state index >= 15 is 0 Å². The van der Waals surface area contributed by atoms with Crippen LogP contribution >= 0.6 is 11.8 Å². The van der Waals surface area contributed by atoms with Gasteiger partial charge in [0.25, 0.3) is 0 Å². The molecule has 1 fully saturated rings. The van der Waals surface area contributed by atoms with E-state index in [0.717, 1.165) is 30.0 Å². The van der Waals surface area contributed by atoms with Crippen molar-refractivity contribution in [2.75, 3.05) is 5.75 Å². The van der Waals surface area contributed by atoms with Gasteiger partial charge in [0.2, 0.25) is 5.91 Å². The second-order valence-electron chi connectivity index (χ2n) is 4.67. The molecule has 2 rings (SSSR count). The summed E-state index contributed by atoms with van der Waals surface area (Å²) in [6.07, 6.45) is 8.64. The van der Waals surface area contributed by atoms with Crippen molar-refractivity contribution < 1.29 is 4.79 Å². The fourth-order valence-corrected chi connectivity index (χ4v) is 3.38. The normalized spacial score (nSPS) is 27.3. The number of nitrogens with two attached hydrogens (primary N) is 2. The zero-order valence-electron chi connectivity index (χ0n) is 10.2. The Morgan fingerprint density at radius 2 is 2.39 bits per heavy atom. The Morgan fingerprint density at radius 3 is 3.06 bits per heavy atom. The number of aromatic nitrogens is 2. The van der Waals surface area contributed by atoms with Gasteiger partial charge in [-0.2, -0.15) is 0 Å². The maximum Gasteiger partial charge on any atom is 0.237 e. The third-order valence-electron chi connectivity index (χ3n) is 3.59. The van der Waals surface area contributed by atoms with Crippen LogP contribution in [0.25, 0.3) is 0 Å². The fourth-order valence-electron chi connectivity index (χ4n) is 2.49. The van der Waals surface area contributed by atoms with Gasteiger partial charge in [-0.25, -0.2) is 4.98 Å². The van der Waals surface area contributed by atoms with Gasteiger partial charge >= 0.3 is 0 Å². The van der Waals surface area contributed by atoms with Crippen molar-refractivity contribution in [1.29, 1.82) is 0 Å². The summed E-state index contributed by atoms with van der Waals surface area (Å²) in [4.78, 5) is 19.6. The Hall–Kier alpha value is -1.14. The van der Waals surface area contributed by atoms with Crippen LogP contribution in [-0.4, -0.2) is 27.2 Å². The zero-order valence-corrected chi connectivity index (χ0v) is 11.0. The molecule has 0 spiro atoms. The minimum absolute atomic E-state index is 0.194. The topological polar surface area (TPSA) is 94.9 Å². The molecule has 98 valence electrons. The molecule has 0 aromatic carbocycles. The van der Waals surface area contributed by atoms with E-state index in [1.807, 2.05) is 0 Å². The lowest BCUT2D eigenvalue weighted by molar-refractivity contribution is -0.124. The van der Waals surface area contributed by atoms with E-state index < -0.39 is 5.54 Å². The van der Waals surface area contributed by atoms with Crippen LogP contribution in [-0.2, 0) is 4.79 Å². The molecule has 4 N–H and O–H groups in total. The number of rotatable bonds is 5. The number of amides is 1. The van der Waals surface area contributed by atoms with E-state index in [2.05, 4.69) is 9.97 Å². The average molecular weight is 266 g/mol. The Morgan fingerprint density at radius 1 is 1.56 bits per heavy atom. The summed E-state index contributed by atoms with van der Waals surface area (Å²) < 4.78 is 0. The van der Waals surface area contributed by atoms with E-state index in [-0.39, 0.29) is 11.8 Å². The van der Waals surface area contributed by atoms with Gasteiger partial charge in [0.05, 0.1) is 11.7 Å². The van der Waals surface area contributed by atoms with E-state index in [1.165, 1.54) is 0 Å². The van der Waals surface area contributed by atoms with Gasteiger partial charge in [0.15, 0.2) is 0 Å². The molecule has 6 heteroatoms. The van der Waals surface area contributed by atoms with Crippen molar-refractivity contribution in [2.24, 2.45) is 17.4 Å². The summed E-state index contributed by atoms with van der Waals surface area (Å²) in [5.74, 6) is 0.712. The summed E-state index contributed by atoms with van der Waals surface area (Å²) in [6.45, 7) is 0. The highest BCUT2D eigenvalue weighted by atomic mass is 32.2. The lowest BCUT2D eigenvalue weighted by atomic mass is 9.85. The Balaban J connectivity index is 1.85. The molecule has 2 atom stereocenters. The SMILES string of the molecule is NC(=O)C1(N)CCCC1CCSc1cnccn1. The lowest BCUT2D eigenvalue weighted by Gasteiger charge is -2.27. The molecule has 1 aromatic rings. The number of thioether (sulfide) groups is 1. The summed E-state index contributed by atoms with van der Waals surface area (Å²) in [5.41, 5.74) is 10.7. The maximum atomic E-state index is 11.4. The Kier molecular flexibility index (Phi) is 4.19. The van der Waals surface area contributed by atoms with Gasteiger partial charge in [-0.05, 0) is 30.9 Å². The number of hydrogen-bond donors (Lipinski definition) is 2. The van der Waals surface area contributed by atoms with Crippen LogP contribution in [0, 0.1) is 5.92 Å². The average Bonchev–Trinajstić information content (AvgIpc) is 2.74. The molecule has 1 aliphatic carbocycles. The van der Waals surface area contributed by atoms with Crippen LogP contribution in [0.15, 0.2) is 23.6 Å². The van der Waals surface area contributed by atoms with Crippen molar-refractivity contribution in [3.8, 4) is 0 Å². The molecule has 0 aliphatic heterocycles. The zero-order chi connectivity index (χ0) is 13.0. The molecule has 1 aliphatic rings. The van der Waals surface area contributed by atoms with E-state index in [4.69, 9.17) is 11.5 Å². The minimum Gasteiger partial charge on any atom is -0.368 e. The van der Waals surface area contributed by atoms with Gasteiger partial charge in [0.1, 0.15) is 5.03 Å². The summed E-state index contributed by atoms with van der Waals surface area (Å²) >= 11 is 1.64. The number of hydrogen-bond acceptors (Lipinski definition) is 5. The molecular weight excluding hydrogens is 248 g/mol. The molecule has 1 saturated carbocycles. The molecule has 1 amide bonds.